The molecule has 184 valence electrons. The number of nitrogens with zero attached hydrogens (tertiary/aromatic N) is 2. The van der Waals surface area contributed by atoms with E-state index in [1.165, 1.54) is 4.31 Å². The molecule has 2 aliphatic heterocycles. The molecule has 2 aromatic carbocycles. The molecule has 0 spiro atoms. The Kier molecular flexibility index (Phi) is 8.05. The molecule has 0 bridgehead atoms. The summed E-state index contributed by atoms with van der Waals surface area (Å²) in [4.78, 5) is 14.8. The number of ether oxygens (including phenoxy) is 1. The molecule has 10 heteroatoms. The van der Waals surface area contributed by atoms with Crippen molar-refractivity contribution in [3.8, 4) is 5.75 Å². The Morgan fingerprint density at radius 2 is 1.59 bits per heavy atom. The van der Waals surface area contributed by atoms with E-state index in [-0.39, 0.29) is 6.10 Å². The molecule has 0 radical (unpaired) electrons. The van der Waals surface area contributed by atoms with E-state index in [0.717, 1.165) is 50.1 Å². The first-order valence-electron chi connectivity index (χ1n) is 11.5. The summed E-state index contributed by atoms with van der Waals surface area (Å²) in [6, 6.07) is 12.4. The molecular formula is C24H29Cl2N3O4S. The van der Waals surface area contributed by atoms with Crippen LogP contribution in [0.2, 0.25) is 10.0 Å². The number of benzene rings is 2. The van der Waals surface area contributed by atoms with Gasteiger partial charge in [-0.2, -0.15) is 12.7 Å². The topological polar surface area (TPSA) is 79.0 Å². The Morgan fingerprint density at radius 3 is 2.21 bits per heavy atom. The lowest BCUT2D eigenvalue weighted by molar-refractivity contribution is 0.0584. The standard InChI is InChI=1S/C24H29Cl2N3O4S/c1-17-2-4-18(5-3-17)24(30)27-34(31,32)29-14-8-19(9-15-29)28-12-10-20(11-13-28)33-21-6-7-22(25)23(26)16-21/h2-7,16,19-20H,8-15H2,1H3,(H,27,30). The fraction of sp³-hybridized carbons (Fsp3) is 0.458. The maximum absolute atomic E-state index is 12.7. The first-order chi connectivity index (χ1) is 16.2. The van der Waals surface area contributed by atoms with Gasteiger partial charge in [-0.25, -0.2) is 4.72 Å². The van der Waals surface area contributed by atoms with Gasteiger partial charge in [-0.3, -0.25) is 4.79 Å². The third-order valence-corrected chi connectivity index (χ3v) is 8.71. The smallest absolute Gasteiger partial charge is 0.304 e. The molecule has 0 unspecified atom stereocenters. The summed E-state index contributed by atoms with van der Waals surface area (Å²) in [7, 11) is -3.87. The molecule has 4 rings (SSSR count). The minimum absolute atomic E-state index is 0.117. The second-order valence-electron chi connectivity index (χ2n) is 8.86. The van der Waals surface area contributed by atoms with Gasteiger partial charge in [0, 0.05) is 43.9 Å². The summed E-state index contributed by atoms with van der Waals surface area (Å²) >= 11 is 12.0. The maximum atomic E-state index is 12.7. The van der Waals surface area contributed by atoms with E-state index >= 15 is 0 Å². The monoisotopic (exact) mass is 525 g/mol. The molecule has 7 nitrogen and oxygen atoms in total. The Balaban J connectivity index is 1.24. The van der Waals surface area contributed by atoms with Crippen molar-refractivity contribution in [1.82, 2.24) is 13.9 Å². The summed E-state index contributed by atoms with van der Waals surface area (Å²) in [5, 5.41) is 0.986. The Morgan fingerprint density at radius 1 is 0.941 bits per heavy atom. The van der Waals surface area contributed by atoms with Crippen molar-refractivity contribution in [2.24, 2.45) is 0 Å². The van der Waals surface area contributed by atoms with Crippen molar-refractivity contribution in [2.75, 3.05) is 26.2 Å². The highest BCUT2D eigenvalue weighted by atomic mass is 35.5. The van der Waals surface area contributed by atoms with Gasteiger partial charge in [0.05, 0.1) is 10.0 Å². The number of hydrogen-bond acceptors (Lipinski definition) is 5. The second kappa shape index (κ2) is 10.8. The van der Waals surface area contributed by atoms with Gasteiger partial charge in [0.25, 0.3) is 5.91 Å². The van der Waals surface area contributed by atoms with Crippen LogP contribution in [0.15, 0.2) is 42.5 Å². The normalized spacial score (nSPS) is 19.1. The lowest BCUT2D eigenvalue weighted by Gasteiger charge is -2.41. The molecule has 0 aromatic heterocycles. The predicted octanol–water partition coefficient (Wildman–Crippen LogP) is 4.28. The van der Waals surface area contributed by atoms with Gasteiger partial charge >= 0.3 is 10.2 Å². The van der Waals surface area contributed by atoms with Crippen LogP contribution in [-0.4, -0.2) is 61.9 Å². The van der Waals surface area contributed by atoms with Crippen LogP contribution in [0, 0.1) is 6.92 Å². The Hall–Kier alpha value is -1.84. The van der Waals surface area contributed by atoms with E-state index < -0.39 is 16.1 Å². The van der Waals surface area contributed by atoms with Gasteiger partial charge in [0.1, 0.15) is 11.9 Å². The average molecular weight is 526 g/mol. The van der Waals surface area contributed by atoms with Crippen molar-refractivity contribution in [1.29, 1.82) is 0 Å². The predicted molar refractivity (Wildman–Crippen MR) is 134 cm³/mol. The van der Waals surface area contributed by atoms with Crippen LogP contribution in [0.4, 0.5) is 0 Å². The van der Waals surface area contributed by atoms with Crippen molar-refractivity contribution >= 4 is 39.3 Å². The van der Waals surface area contributed by atoms with E-state index in [9.17, 15) is 13.2 Å². The van der Waals surface area contributed by atoms with Crippen LogP contribution >= 0.6 is 23.2 Å². The molecule has 2 aromatic rings. The zero-order valence-corrected chi connectivity index (χ0v) is 21.4. The van der Waals surface area contributed by atoms with Gasteiger partial charge < -0.3 is 9.64 Å². The third-order valence-electron chi connectivity index (χ3n) is 6.49. The molecule has 0 atom stereocenters. The number of carbonyl (C=O) groups is 1. The molecule has 2 fully saturated rings. The molecular weight excluding hydrogens is 497 g/mol. The second-order valence-corrected chi connectivity index (χ2v) is 11.3. The van der Waals surface area contributed by atoms with E-state index in [0.29, 0.717) is 34.7 Å². The Labute approximate surface area is 211 Å². The summed E-state index contributed by atoms with van der Waals surface area (Å²) in [5.74, 6) is 0.116. The molecule has 1 N–H and O–H groups in total. The van der Waals surface area contributed by atoms with Gasteiger partial charge in [-0.15, -0.1) is 0 Å². The molecule has 0 aliphatic carbocycles. The van der Waals surface area contributed by atoms with E-state index in [1.54, 1.807) is 36.4 Å². The van der Waals surface area contributed by atoms with Crippen molar-refractivity contribution in [3.05, 3.63) is 63.6 Å². The van der Waals surface area contributed by atoms with Crippen molar-refractivity contribution in [3.63, 3.8) is 0 Å². The lowest BCUT2D eigenvalue weighted by Crippen LogP contribution is -2.52. The van der Waals surface area contributed by atoms with E-state index in [1.807, 2.05) is 13.0 Å². The quantitative estimate of drug-likeness (QED) is 0.608. The zero-order chi connectivity index (χ0) is 24.3. The number of hydrogen-bond donors (Lipinski definition) is 1. The number of carbonyl (C=O) groups excluding carboxylic acids is 1. The van der Waals surface area contributed by atoms with Crippen LogP contribution in [0.5, 0.6) is 5.75 Å². The minimum Gasteiger partial charge on any atom is -0.490 e. The summed E-state index contributed by atoms with van der Waals surface area (Å²) < 4.78 is 35.1. The van der Waals surface area contributed by atoms with Gasteiger partial charge in [0.2, 0.25) is 0 Å². The molecule has 2 saturated heterocycles. The zero-order valence-electron chi connectivity index (χ0n) is 19.0. The molecule has 2 aliphatic rings. The number of aryl methyl sites for hydroxylation is 1. The van der Waals surface area contributed by atoms with Crippen LogP contribution in [-0.2, 0) is 10.2 Å². The third kappa shape index (κ3) is 6.23. The molecule has 0 saturated carbocycles. The number of likely N-dealkylation sites (tertiary alicyclic amines) is 1. The van der Waals surface area contributed by atoms with E-state index in [2.05, 4.69) is 9.62 Å². The fourth-order valence-corrected chi connectivity index (χ4v) is 5.96. The Bertz CT molecular complexity index is 1110. The maximum Gasteiger partial charge on any atom is 0.304 e. The number of halogens is 2. The first-order valence-corrected chi connectivity index (χ1v) is 13.7. The number of piperidine rings is 2. The van der Waals surface area contributed by atoms with Gasteiger partial charge in [-0.1, -0.05) is 40.9 Å². The van der Waals surface area contributed by atoms with Crippen LogP contribution < -0.4 is 9.46 Å². The SMILES string of the molecule is Cc1ccc(C(=O)NS(=O)(=O)N2CCC(N3CCC(Oc4ccc(Cl)c(Cl)c4)CC3)CC2)cc1. The number of rotatable bonds is 6. The average Bonchev–Trinajstić information content (AvgIpc) is 2.82. The summed E-state index contributed by atoms with van der Waals surface area (Å²) in [6.07, 6.45) is 3.37. The highest BCUT2D eigenvalue weighted by Crippen LogP contribution is 2.29. The number of nitrogens with one attached hydrogen (secondary N) is 1. The molecule has 1 amide bonds. The fourth-order valence-electron chi connectivity index (χ4n) is 4.49. The van der Waals surface area contributed by atoms with Crippen molar-refractivity contribution < 1.29 is 17.9 Å². The minimum atomic E-state index is -3.87. The van der Waals surface area contributed by atoms with Crippen LogP contribution in [0.25, 0.3) is 0 Å². The lowest BCUT2D eigenvalue weighted by atomic mass is 10.00. The van der Waals surface area contributed by atoms with E-state index in [4.69, 9.17) is 27.9 Å². The van der Waals surface area contributed by atoms with Crippen LogP contribution in [0.1, 0.15) is 41.6 Å². The highest BCUT2D eigenvalue weighted by molar-refractivity contribution is 7.87. The number of amides is 1. The summed E-state index contributed by atoms with van der Waals surface area (Å²) in [6.45, 7) is 4.48. The largest absolute Gasteiger partial charge is 0.490 e. The summed E-state index contributed by atoms with van der Waals surface area (Å²) in [5.41, 5.74) is 1.33. The molecule has 2 heterocycles. The van der Waals surface area contributed by atoms with Gasteiger partial charge in [0.15, 0.2) is 0 Å². The van der Waals surface area contributed by atoms with Crippen molar-refractivity contribution in [2.45, 2.75) is 44.8 Å². The highest BCUT2D eigenvalue weighted by Gasteiger charge is 2.33. The van der Waals surface area contributed by atoms with Crippen LogP contribution in [0.3, 0.4) is 0 Å². The first kappa shape index (κ1) is 25.3. The molecule has 34 heavy (non-hydrogen) atoms. The van der Waals surface area contributed by atoms with Gasteiger partial charge in [-0.05, 0) is 56.9 Å².